The van der Waals surface area contributed by atoms with E-state index >= 15 is 0 Å². The zero-order valence-corrected chi connectivity index (χ0v) is 12.6. The van der Waals surface area contributed by atoms with Crippen LogP contribution in [0.5, 0.6) is 0 Å². The third kappa shape index (κ3) is 3.52. The summed E-state index contributed by atoms with van der Waals surface area (Å²) in [7, 11) is 0. The van der Waals surface area contributed by atoms with Crippen LogP contribution in [0.2, 0.25) is 0 Å². The molecule has 3 aromatic rings. The van der Waals surface area contributed by atoms with Crippen LogP contribution in [-0.4, -0.2) is 16.0 Å². The van der Waals surface area contributed by atoms with Gasteiger partial charge in [-0.15, -0.1) is 0 Å². The summed E-state index contributed by atoms with van der Waals surface area (Å²) in [5, 5.41) is 2.08. The molecule has 0 saturated carbocycles. The number of para-hydroxylation sites is 1. The van der Waals surface area contributed by atoms with Gasteiger partial charge < -0.3 is 0 Å². The summed E-state index contributed by atoms with van der Waals surface area (Å²) in [6, 6.07) is 12.7. The molecule has 3 rings (SSSR count). The maximum absolute atomic E-state index is 13.2. The van der Waals surface area contributed by atoms with Gasteiger partial charge in [-0.3, -0.25) is 14.9 Å². The standard InChI is InChI=1S/C17H11F4N3O/c18-11-6-8-12(9-7-11)22-10-14-15(17(19,20)21)23-24(16(14)25)13-4-2-1-3-5-13/h1-10,23H. The summed E-state index contributed by atoms with van der Waals surface area (Å²) in [5.74, 6) is -0.497. The molecule has 0 unspecified atom stereocenters. The number of hydrogen-bond donors (Lipinski definition) is 1. The molecule has 0 saturated heterocycles. The second-order valence-electron chi connectivity index (χ2n) is 5.11. The average Bonchev–Trinajstić information content (AvgIpc) is 2.92. The molecule has 1 heterocycles. The molecular weight excluding hydrogens is 338 g/mol. The first-order valence-corrected chi connectivity index (χ1v) is 7.13. The Morgan fingerprint density at radius 1 is 1.00 bits per heavy atom. The van der Waals surface area contributed by atoms with Crippen LogP contribution in [0.4, 0.5) is 23.2 Å². The minimum absolute atomic E-state index is 0.224. The molecule has 1 N–H and O–H groups in total. The molecule has 1 aromatic heterocycles. The SMILES string of the molecule is O=c1c(C=Nc2ccc(F)cc2)c(C(F)(F)F)[nH]n1-c1ccccc1. The molecule has 25 heavy (non-hydrogen) atoms. The van der Waals surface area contributed by atoms with Crippen LogP contribution >= 0.6 is 0 Å². The van der Waals surface area contributed by atoms with Gasteiger partial charge in [0.15, 0.2) is 5.69 Å². The molecule has 0 amide bonds. The van der Waals surface area contributed by atoms with Crippen molar-refractivity contribution < 1.29 is 17.6 Å². The highest BCUT2D eigenvalue weighted by atomic mass is 19.4. The number of aromatic nitrogens is 2. The summed E-state index contributed by atoms with van der Waals surface area (Å²) in [6.45, 7) is 0. The summed E-state index contributed by atoms with van der Waals surface area (Å²) < 4.78 is 53.4. The number of halogens is 4. The van der Waals surface area contributed by atoms with E-state index in [2.05, 4.69) is 10.1 Å². The van der Waals surface area contributed by atoms with Gasteiger partial charge in [0.2, 0.25) is 0 Å². The third-order valence-corrected chi connectivity index (χ3v) is 3.39. The fourth-order valence-electron chi connectivity index (χ4n) is 2.21. The highest BCUT2D eigenvalue weighted by Gasteiger charge is 2.37. The lowest BCUT2D eigenvalue weighted by atomic mass is 10.2. The highest BCUT2D eigenvalue weighted by molar-refractivity contribution is 5.83. The van der Waals surface area contributed by atoms with Crippen molar-refractivity contribution in [2.24, 2.45) is 4.99 Å². The van der Waals surface area contributed by atoms with Gasteiger partial charge in [-0.1, -0.05) is 18.2 Å². The molecule has 128 valence electrons. The molecule has 8 heteroatoms. The number of nitrogens with one attached hydrogen (secondary N) is 1. The van der Waals surface area contributed by atoms with Gasteiger partial charge in [-0.05, 0) is 36.4 Å². The molecule has 0 aliphatic carbocycles. The predicted molar refractivity (Wildman–Crippen MR) is 85.0 cm³/mol. The number of aliphatic imine (C=N–C) groups is 1. The van der Waals surface area contributed by atoms with E-state index in [9.17, 15) is 22.4 Å². The fourth-order valence-corrected chi connectivity index (χ4v) is 2.21. The molecule has 0 fully saturated rings. The summed E-state index contributed by atoms with van der Waals surface area (Å²) in [6.07, 6.45) is -3.93. The lowest BCUT2D eigenvalue weighted by molar-refractivity contribution is -0.141. The Labute approximate surface area is 139 Å². The van der Waals surface area contributed by atoms with Crippen molar-refractivity contribution in [2.45, 2.75) is 6.18 Å². The molecule has 0 atom stereocenters. The minimum atomic E-state index is -4.76. The quantitative estimate of drug-likeness (QED) is 0.562. The Hall–Kier alpha value is -3.16. The first-order chi connectivity index (χ1) is 11.9. The van der Waals surface area contributed by atoms with Gasteiger partial charge in [0, 0.05) is 6.21 Å². The Morgan fingerprint density at radius 2 is 1.64 bits per heavy atom. The summed E-state index contributed by atoms with van der Waals surface area (Å²) >= 11 is 0. The smallest absolute Gasteiger partial charge is 0.286 e. The van der Waals surface area contributed by atoms with Gasteiger partial charge in [-0.25, -0.2) is 9.07 Å². The average molecular weight is 349 g/mol. The van der Waals surface area contributed by atoms with E-state index in [1.165, 1.54) is 24.3 Å². The van der Waals surface area contributed by atoms with Crippen LogP contribution in [0.1, 0.15) is 11.3 Å². The van der Waals surface area contributed by atoms with Crippen molar-refractivity contribution in [3.05, 3.63) is 82.0 Å². The van der Waals surface area contributed by atoms with Crippen molar-refractivity contribution in [3.8, 4) is 5.69 Å². The molecule has 4 nitrogen and oxygen atoms in total. The van der Waals surface area contributed by atoms with Crippen molar-refractivity contribution in [1.82, 2.24) is 9.78 Å². The number of nitrogens with zero attached hydrogens (tertiary/aromatic N) is 2. The van der Waals surface area contributed by atoms with Crippen LogP contribution in [0.3, 0.4) is 0 Å². The van der Waals surface area contributed by atoms with Crippen LogP contribution in [0, 0.1) is 5.82 Å². The number of rotatable bonds is 3. The minimum Gasteiger partial charge on any atom is -0.286 e. The largest absolute Gasteiger partial charge is 0.433 e. The Balaban J connectivity index is 2.10. The highest BCUT2D eigenvalue weighted by Crippen LogP contribution is 2.29. The first-order valence-electron chi connectivity index (χ1n) is 7.13. The van der Waals surface area contributed by atoms with E-state index in [4.69, 9.17) is 0 Å². The molecule has 2 aromatic carbocycles. The lowest BCUT2D eigenvalue weighted by Crippen LogP contribution is -2.17. The predicted octanol–water partition coefficient (Wildman–Crippen LogP) is 4.07. The van der Waals surface area contributed by atoms with E-state index < -0.39 is 28.8 Å². The normalized spacial score (nSPS) is 12.0. The van der Waals surface area contributed by atoms with Gasteiger partial charge in [-0.2, -0.15) is 13.2 Å². The molecular formula is C17H11F4N3O. The number of benzene rings is 2. The van der Waals surface area contributed by atoms with Crippen molar-refractivity contribution in [3.63, 3.8) is 0 Å². The molecule has 0 aliphatic rings. The monoisotopic (exact) mass is 349 g/mol. The molecule has 0 bridgehead atoms. The van der Waals surface area contributed by atoms with Gasteiger partial charge in [0.05, 0.1) is 16.9 Å². The van der Waals surface area contributed by atoms with Crippen molar-refractivity contribution in [2.75, 3.05) is 0 Å². The number of alkyl halides is 3. The first kappa shape index (κ1) is 16.7. The number of H-pyrrole nitrogens is 1. The van der Waals surface area contributed by atoms with Crippen molar-refractivity contribution >= 4 is 11.9 Å². The topological polar surface area (TPSA) is 50.1 Å². The Bertz CT molecular complexity index is 954. The Kier molecular flexibility index (Phi) is 4.26. The van der Waals surface area contributed by atoms with E-state index in [0.29, 0.717) is 0 Å². The van der Waals surface area contributed by atoms with E-state index in [0.717, 1.165) is 23.0 Å². The number of hydrogen-bond acceptors (Lipinski definition) is 2. The second-order valence-corrected chi connectivity index (χ2v) is 5.11. The van der Waals surface area contributed by atoms with Crippen LogP contribution in [-0.2, 0) is 6.18 Å². The van der Waals surface area contributed by atoms with E-state index in [1.807, 2.05) is 0 Å². The van der Waals surface area contributed by atoms with Crippen LogP contribution in [0.15, 0.2) is 64.4 Å². The molecule has 0 spiro atoms. The number of aromatic amines is 1. The maximum atomic E-state index is 13.2. The third-order valence-electron chi connectivity index (χ3n) is 3.39. The zero-order chi connectivity index (χ0) is 18.0. The molecule has 0 radical (unpaired) electrons. The van der Waals surface area contributed by atoms with Gasteiger partial charge >= 0.3 is 6.18 Å². The Morgan fingerprint density at radius 3 is 2.24 bits per heavy atom. The maximum Gasteiger partial charge on any atom is 0.433 e. The molecule has 0 aliphatic heterocycles. The van der Waals surface area contributed by atoms with Crippen LogP contribution < -0.4 is 5.56 Å². The van der Waals surface area contributed by atoms with Crippen LogP contribution in [0.25, 0.3) is 5.69 Å². The summed E-state index contributed by atoms with van der Waals surface area (Å²) in [5.41, 5.74) is -2.22. The second kappa shape index (κ2) is 6.39. The zero-order valence-electron chi connectivity index (χ0n) is 12.6. The van der Waals surface area contributed by atoms with Crippen molar-refractivity contribution in [1.29, 1.82) is 0 Å². The van der Waals surface area contributed by atoms with Gasteiger partial charge in [0.25, 0.3) is 5.56 Å². The van der Waals surface area contributed by atoms with E-state index in [1.54, 1.807) is 18.2 Å². The van der Waals surface area contributed by atoms with Gasteiger partial charge in [0.1, 0.15) is 5.82 Å². The fraction of sp³-hybridized carbons (Fsp3) is 0.0588. The lowest BCUT2D eigenvalue weighted by Gasteiger charge is -2.04. The van der Waals surface area contributed by atoms with E-state index in [-0.39, 0.29) is 11.4 Å². The summed E-state index contributed by atoms with van der Waals surface area (Å²) in [4.78, 5) is 16.2.